The third kappa shape index (κ3) is 2.56. The molecule has 0 unspecified atom stereocenters. The van der Waals surface area contributed by atoms with Crippen molar-refractivity contribution in [3.05, 3.63) is 0 Å². The highest BCUT2D eigenvalue weighted by Gasteiger charge is 2.46. The fourth-order valence-corrected chi connectivity index (χ4v) is 3.66. The van der Waals surface area contributed by atoms with Crippen molar-refractivity contribution in [2.45, 2.75) is 45.2 Å². The van der Waals surface area contributed by atoms with Gasteiger partial charge in [-0.2, -0.15) is 17.0 Å². The zero-order valence-corrected chi connectivity index (χ0v) is 11.4. The maximum absolute atomic E-state index is 12.0. The predicted octanol–water partition coefficient (Wildman–Crippen LogP) is 0.385. The average Bonchev–Trinajstić information content (AvgIpc) is 2.12. The van der Waals surface area contributed by atoms with Crippen LogP contribution in [0.2, 0.25) is 0 Å². The predicted molar refractivity (Wildman–Crippen MR) is 65.2 cm³/mol. The van der Waals surface area contributed by atoms with Gasteiger partial charge in [0.15, 0.2) is 0 Å². The van der Waals surface area contributed by atoms with Gasteiger partial charge in [0, 0.05) is 31.7 Å². The summed E-state index contributed by atoms with van der Waals surface area (Å²) in [6.45, 7) is 6.67. The van der Waals surface area contributed by atoms with E-state index < -0.39 is 10.2 Å². The SMILES string of the molecule is CCCC1(N)CN(S(=O)(=O)N(C)C(C)C)C1. The van der Waals surface area contributed by atoms with Crippen LogP contribution in [-0.4, -0.2) is 48.7 Å². The lowest BCUT2D eigenvalue weighted by Crippen LogP contribution is -2.70. The molecule has 0 radical (unpaired) electrons. The molecule has 0 saturated carbocycles. The maximum Gasteiger partial charge on any atom is 0.282 e. The molecule has 0 aromatic rings. The summed E-state index contributed by atoms with van der Waals surface area (Å²) in [7, 11) is -1.70. The molecule has 0 spiro atoms. The molecule has 0 aliphatic carbocycles. The van der Waals surface area contributed by atoms with Crippen molar-refractivity contribution in [1.29, 1.82) is 0 Å². The summed E-state index contributed by atoms with van der Waals surface area (Å²) in [6, 6.07) is -0.0241. The molecule has 1 aliphatic heterocycles. The van der Waals surface area contributed by atoms with Crippen molar-refractivity contribution in [2.24, 2.45) is 5.73 Å². The van der Waals surface area contributed by atoms with Crippen molar-refractivity contribution in [3.63, 3.8) is 0 Å². The van der Waals surface area contributed by atoms with Gasteiger partial charge in [-0.05, 0) is 20.3 Å². The lowest BCUT2D eigenvalue weighted by molar-refractivity contribution is 0.136. The molecule has 0 aromatic carbocycles. The summed E-state index contributed by atoms with van der Waals surface area (Å²) in [5.41, 5.74) is 5.75. The van der Waals surface area contributed by atoms with E-state index in [-0.39, 0.29) is 11.6 Å². The molecule has 0 amide bonds. The number of nitrogens with zero attached hydrogens (tertiary/aromatic N) is 2. The molecule has 0 bridgehead atoms. The van der Waals surface area contributed by atoms with Gasteiger partial charge in [0.25, 0.3) is 10.2 Å². The molecule has 2 N–H and O–H groups in total. The highest BCUT2D eigenvalue weighted by molar-refractivity contribution is 7.86. The zero-order chi connectivity index (χ0) is 12.6. The van der Waals surface area contributed by atoms with Gasteiger partial charge >= 0.3 is 0 Å². The minimum absolute atomic E-state index is 0.0241. The van der Waals surface area contributed by atoms with Gasteiger partial charge in [-0.15, -0.1) is 0 Å². The summed E-state index contributed by atoms with van der Waals surface area (Å²) >= 11 is 0. The molecule has 96 valence electrons. The Balaban J connectivity index is 2.63. The molecule has 0 atom stereocenters. The molecule has 5 nitrogen and oxygen atoms in total. The van der Waals surface area contributed by atoms with Crippen LogP contribution in [0.3, 0.4) is 0 Å². The number of hydrogen-bond donors (Lipinski definition) is 1. The van der Waals surface area contributed by atoms with E-state index in [1.54, 1.807) is 7.05 Å². The maximum atomic E-state index is 12.0. The Hall–Kier alpha value is -0.170. The molecule has 1 fully saturated rings. The zero-order valence-electron chi connectivity index (χ0n) is 10.6. The van der Waals surface area contributed by atoms with Gasteiger partial charge in [-0.1, -0.05) is 13.3 Å². The van der Waals surface area contributed by atoms with Crippen LogP contribution in [0.1, 0.15) is 33.6 Å². The fraction of sp³-hybridized carbons (Fsp3) is 1.00. The minimum atomic E-state index is -3.30. The molecule has 0 aromatic heterocycles. The largest absolute Gasteiger partial charge is 0.323 e. The second kappa shape index (κ2) is 4.60. The van der Waals surface area contributed by atoms with E-state index >= 15 is 0 Å². The Morgan fingerprint density at radius 3 is 2.31 bits per heavy atom. The summed E-state index contributed by atoms with van der Waals surface area (Å²) in [4.78, 5) is 0. The number of nitrogens with two attached hydrogens (primary N) is 1. The molecule has 1 heterocycles. The Labute approximate surface area is 98.8 Å². The van der Waals surface area contributed by atoms with E-state index in [0.29, 0.717) is 13.1 Å². The van der Waals surface area contributed by atoms with Crippen LogP contribution in [0.15, 0.2) is 0 Å². The Morgan fingerprint density at radius 1 is 1.44 bits per heavy atom. The van der Waals surface area contributed by atoms with Gasteiger partial charge in [-0.3, -0.25) is 0 Å². The van der Waals surface area contributed by atoms with Crippen LogP contribution in [0, 0.1) is 0 Å². The van der Waals surface area contributed by atoms with Crippen molar-refractivity contribution >= 4 is 10.2 Å². The molecule has 1 aliphatic rings. The van der Waals surface area contributed by atoms with Crippen LogP contribution in [-0.2, 0) is 10.2 Å². The topological polar surface area (TPSA) is 66.6 Å². The average molecular weight is 249 g/mol. The summed E-state index contributed by atoms with van der Waals surface area (Å²) < 4.78 is 26.9. The van der Waals surface area contributed by atoms with E-state index in [0.717, 1.165) is 12.8 Å². The smallest absolute Gasteiger partial charge is 0.282 e. The third-order valence-corrected chi connectivity index (χ3v) is 5.21. The molecule has 1 rings (SSSR count). The summed E-state index contributed by atoms with van der Waals surface area (Å²) in [6.07, 6.45) is 1.87. The molecule has 16 heavy (non-hydrogen) atoms. The minimum Gasteiger partial charge on any atom is -0.323 e. The monoisotopic (exact) mass is 249 g/mol. The van der Waals surface area contributed by atoms with Gasteiger partial charge in [-0.25, -0.2) is 0 Å². The van der Waals surface area contributed by atoms with Crippen LogP contribution in [0.5, 0.6) is 0 Å². The van der Waals surface area contributed by atoms with Gasteiger partial charge in [0.1, 0.15) is 0 Å². The highest BCUT2D eigenvalue weighted by Crippen LogP contribution is 2.27. The second-order valence-electron chi connectivity index (χ2n) is 5.00. The van der Waals surface area contributed by atoms with E-state index in [1.165, 1.54) is 8.61 Å². The molecule has 1 saturated heterocycles. The first-order valence-corrected chi connectivity index (χ1v) is 7.14. The van der Waals surface area contributed by atoms with Crippen LogP contribution < -0.4 is 5.73 Å². The third-order valence-electron chi connectivity index (χ3n) is 3.15. The standard InChI is InChI=1S/C10H23N3O2S/c1-5-6-10(11)7-13(8-10)16(14,15)12(4)9(2)3/h9H,5-8,11H2,1-4H3. The molecular formula is C10H23N3O2S. The van der Waals surface area contributed by atoms with Crippen molar-refractivity contribution in [1.82, 2.24) is 8.61 Å². The Morgan fingerprint density at radius 2 is 1.94 bits per heavy atom. The summed E-state index contributed by atoms with van der Waals surface area (Å²) in [5, 5.41) is 0. The van der Waals surface area contributed by atoms with Gasteiger partial charge < -0.3 is 5.73 Å². The Bertz CT molecular complexity index is 334. The van der Waals surface area contributed by atoms with Crippen molar-refractivity contribution in [3.8, 4) is 0 Å². The quantitative estimate of drug-likeness (QED) is 0.766. The fourth-order valence-electron chi connectivity index (χ4n) is 1.92. The normalized spacial score (nSPS) is 21.4. The first-order valence-electron chi connectivity index (χ1n) is 5.75. The van der Waals surface area contributed by atoms with Crippen LogP contribution in [0.25, 0.3) is 0 Å². The number of rotatable bonds is 5. The van der Waals surface area contributed by atoms with E-state index in [9.17, 15) is 8.42 Å². The van der Waals surface area contributed by atoms with Crippen LogP contribution >= 0.6 is 0 Å². The number of hydrogen-bond acceptors (Lipinski definition) is 3. The van der Waals surface area contributed by atoms with Crippen molar-refractivity contribution in [2.75, 3.05) is 20.1 Å². The van der Waals surface area contributed by atoms with E-state index in [1.807, 2.05) is 13.8 Å². The van der Waals surface area contributed by atoms with E-state index in [4.69, 9.17) is 5.73 Å². The lowest BCUT2D eigenvalue weighted by Gasteiger charge is -2.48. The highest BCUT2D eigenvalue weighted by atomic mass is 32.2. The lowest BCUT2D eigenvalue weighted by atomic mass is 9.89. The van der Waals surface area contributed by atoms with E-state index in [2.05, 4.69) is 6.92 Å². The second-order valence-corrected chi connectivity index (χ2v) is 6.99. The summed E-state index contributed by atoms with van der Waals surface area (Å²) in [5.74, 6) is 0. The van der Waals surface area contributed by atoms with Crippen molar-refractivity contribution < 1.29 is 8.42 Å². The van der Waals surface area contributed by atoms with Gasteiger partial charge in [0.2, 0.25) is 0 Å². The molecular weight excluding hydrogens is 226 g/mol. The van der Waals surface area contributed by atoms with Crippen LogP contribution in [0.4, 0.5) is 0 Å². The van der Waals surface area contributed by atoms with Gasteiger partial charge in [0.05, 0.1) is 0 Å². The first kappa shape index (κ1) is 13.9. The Kier molecular flexibility index (Phi) is 3.99. The first-order chi connectivity index (χ1) is 7.23. The molecule has 6 heteroatoms.